The second-order valence-electron chi connectivity index (χ2n) is 3.35. The maximum atomic E-state index is 12.9. The quantitative estimate of drug-likeness (QED) is 0.659. The van der Waals surface area contributed by atoms with E-state index in [1.807, 2.05) is 0 Å². The highest BCUT2D eigenvalue weighted by Crippen LogP contribution is 2.13. The summed E-state index contributed by atoms with van der Waals surface area (Å²) < 4.78 is 12.9. The van der Waals surface area contributed by atoms with Crippen molar-refractivity contribution in [2.75, 3.05) is 5.43 Å². The van der Waals surface area contributed by atoms with Gasteiger partial charge in [0.2, 0.25) is 0 Å². The molecule has 0 amide bonds. The van der Waals surface area contributed by atoms with Gasteiger partial charge in [0.05, 0.1) is 12.4 Å². The summed E-state index contributed by atoms with van der Waals surface area (Å²) in [6, 6.07) is 5.91. The molecule has 5 nitrogen and oxygen atoms in total. The van der Waals surface area contributed by atoms with Crippen molar-refractivity contribution in [1.82, 2.24) is 10.2 Å². The van der Waals surface area contributed by atoms with Crippen LogP contribution in [0, 0.1) is 5.82 Å². The Kier molecular flexibility index (Phi) is 3.69. The number of rotatable bonds is 3. The molecule has 18 heavy (non-hydrogen) atoms. The van der Waals surface area contributed by atoms with E-state index in [1.165, 1.54) is 24.5 Å². The van der Waals surface area contributed by atoms with Gasteiger partial charge in [0.1, 0.15) is 16.5 Å². The second kappa shape index (κ2) is 5.42. The van der Waals surface area contributed by atoms with Crippen molar-refractivity contribution < 1.29 is 4.39 Å². The fraction of sp³-hybridized carbons (Fsp3) is 0. The van der Waals surface area contributed by atoms with E-state index >= 15 is 0 Å². The fourth-order valence-electron chi connectivity index (χ4n) is 1.22. The normalized spacial score (nSPS) is 10.8. The highest BCUT2D eigenvalue weighted by atomic mass is 35.5. The maximum Gasteiger partial charge on any atom is 0.285 e. The molecule has 0 fully saturated rings. The first-order valence-corrected chi connectivity index (χ1v) is 5.32. The molecule has 92 valence electrons. The summed E-state index contributed by atoms with van der Waals surface area (Å²) in [6.45, 7) is 0. The monoisotopic (exact) mass is 266 g/mol. The minimum absolute atomic E-state index is 0.0404. The first-order valence-electron chi connectivity index (χ1n) is 4.94. The van der Waals surface area contributed by atoms with E-state index in [1.54, 1.807) is 12.1 Å². The number of nitrogens with one attached hydrogen (secondary N) is 2. The summed E-state index contributed by atoms with van der Waals surface area (Å²) in [4.78, 5) is 11.1. The van der Waals surface area contributed by atoms with Gasteiger partial charge in [-0.25, -0.2) is 9.49 Å². The van der Waals surface area contributed by atoms with Gasteiger partial charge in [-0.2, -0.15) is 10.2 Å². The number of nitrogens with zero attached hydrogens (tertiary/aromatic N) is 2. The van der Waals surface area contributed by atoms with Crippen molar-refractivity contribution in [3.63, 3.8) is 0 Å². The zero-order valence-corrected chi connectivity index (χ0v) is 9.78. The lowest BCUT2D eigenvalue weighted by atomic mass is 10.2. The van der Waals surface area contributed by atoms with Crippen molar-refractivity contribution in [2.45, 2.75) is 0 Å². The number of hydrogen-bond donors (Lipinski definition) is 2. The number of anilines is 1. The molecular formula is C11H8ClFN4O. The van der Waals surface area contributed by atoms with Gasteiger partial charge in [-0.3, -0.25) is 10.2 Å². The van der Waals surface area contributed by atoms with Crippen LogP contribution in [0.5, 0.6) is 0 Å². The Labute approximate surface area is 106 Å². The molecule has 0 unspecified atom stereocenters. The molecule has 1 heterocycles. The van der Waals surface area contributed by atoms with Crippen molar-refractivity contribution in [2.24, 2.45) is 5.10 Å². The topological polar surface area (TPSA) is 70.1 Å². The number of H-pyrrole nitrogens is 1. The Hall–Kier alpha value is -2.21. The third kappa shape index (κ3) is 2.92. The van der Waals surface area contributed by atoms with E-state index in [9.17, 15) is 9.18 Å². The average Bonchev–Trinajstić information content (AvgIpc) is 2.35. The predicted molar refractivity (Wildman–Crippen MR) is 67.5 cm³/mol. The summed E-state index contributed by atoms with van der Waals surface area (Å²) in [5.74, 6) is -0.352. The van der Waals surface area contributed by atoms with Crippen LogP contribution in [0.2, 0.25) is 5.02 Å². The molecule has 0 spiro atoms. The van der Waals surface area contributed by atoms with E-state index in [-0.39, 0.29) is 16.5 Å². The molecule has 0 bridgehead atoms. The number of benzene rings is 1. The lowest BCUT2D eigenvalue weighted by Gasteiger charge is -2.00. The minimum atomic E-state index is -0.511. The van der Waals surface area contributed by atoms with Gasteiger partial charge in [0.15, 0.2) is 0 Å². The summed E-state index contributed by atoms with van der Waals surface area (Å²) in [5.41, 5.74) is 2.89. The van der Waals surface area contributed by atoms with Crippen molar-refractivity contribution >= 4 is 23.5 Å². The molecule has 0 atom stereocenters. The summed E-state index contributed by atoms with van der Waals surface area (Å²) in [7, 11) is 0. The zero-order valence-electron chi connectivity index (χ0n) is 9.02. The van der Waals surface area contributed by atoms with Crippen LogP contribution in [0.4, 0.5) is 10.1 Å². The largest absolute Gasteiger partial charge is 0.285 e. The van der Waals surface area contributed by atoms with Crippen molar-refractivity contribution in [3.05, 3.63) is 57.2 Å². The summed E-state index contributed by atoms with van der Waals surface area (Å²) in [6.07, 6.45) is 2.73. The third-order valence-electron chi connectivity index (χ3n) is 2.04. The zero-order chi connectivity index (χ0) is 13.0. The number of halogens is 2. The Morgan fingerprint density at radius 3 is 3.11 bits per heavy atom. The maximum absolute atomic E-state index is 12.9. The van der Waals surface area contributed by atoms with Gasteiger partial charge >= 0.3 is 0 Å². The number of hydrogen-bond acceptors (Lipinski definition) is 4. The smallest absolute Gasteiger partial charge is 0.275 e. The molecular weight excluding hydrogens is 259 g/mol. The molecule has 0 aliphatic rings. The second-order valence-corrected chi connectivity index (χ2v) is 3.73. The first-order chi connectivity index (χ1) is 8.66. The Bertz CT molecular complexity index is 641. The summed E-state index contributed by atoms with van der Waals surface area (Å²) >= 11 is 5.72. The van der Waals surface area contributed by atoms with Crippen molar-refractivity contribution in [3.8, 4) is 0 Å². The van der Waals surface area contributed by atoms with Crippen LogP contribution >= 0.6 is 11.6 Å². The van der Waals surface area contributed by atoms with E-state index in [4.69, 9.17) is 11.6 Å². The number of aromatic nitrogens is 2. The molecule has 7 heteroatoms. The Balaban J connectivity index is 2.12. The van der Waals surface area contributed by atoms with Crippen molar-refractivity contribution in [1.29, 1.82) is 0 Å². The van der Waals surface area contributed by atoms with Gasteiger partial charge in [-0.05, 0) is 17.7 Å². The first kappa shape index (κ1) is 12.3. The highest BCUT2D eigenvalue weighted by molar-refractivity contribution is 6.32. The SMILES string of the molecule is O=c1[nH]ncc(N/N=C/c2cccc(F)c2)c1Cl. The molecule has 1 aromatic heterocycles. The van der Waals surface area contributed by atoms with Crippen LogP contribution in [-0.4, -0.2) is 16.4 Å². The standard InChI is InChI=1S/C11H8ClFN4O/c12-10-9(6-15-17-11(10)18)16-14-5-7-2-1-3-8(13)4-7/h1-6H,(H2,16,17,18)/b14-5+. The van der Waals surface area contributed by atoms with Crippen LogP contribution < -0.4 is 11.0 Å². The number of hydrazone groups is 1. The molecule has 1 aromatic carbocycles. The molecule has 0 aliphatic heterocycles. The van der Waals surface area contributed by atoms with Crippen LogP contribution in [0.25, 0.3) is 0 Å². The molecule has 2 aromatic rings. The summed E-state index contributed by atoms with van der Waals surface area (Å²) in [5, 5.41) is 9.54. The molecule has 0 aliphatic carbocycles. The highest BCUT2D eigenvalue weighted by Gasteiger charge is 2.02. The fourth-order valence-corrected chi connectivity index (χ4v) is 1.36. The van der Waals surface area contributed by atoms with Gasteiger partial charge in [-0.1, -0.05) is 23.7 Å². The number of aromatic amines is 1. The van der Waals surface area contributed by atoms with Crippen LogP contribution in [0.15, 0.2) is 40.4 Å². The average molecular weight is 267 g/mol. The van der Waals surface area contributed by atoms with E-state index in [0.717, 1.165) is 0 Å². The minimum Gasteiger partial charge on any atom is -0.275 e. The molecule has 0 saturated carbocycles. The molecule has 2 N–H and O–H groups in total. The Morgan fingerprint density at radius 2 is 2.33 bits per heavy atom. The van der Waals surface area contributed by atoms with Gasteiger partial charge < -0.3 is 0 Å². The molecule has 0 radical (unpaired) electrons. The van der Waals surface area contributed by atoms with E-state index in [2.05, 4.69) is 20.7 Å². The molecule has 2 rings (SSSR count). The lowest BCUT2D eigenvalue weighted by Crippen LogP contribution is -2.10. The molecule has 0 saturated heterocycles. The van der Waals surface area contributed by atoms with Gasteiger partial charge in [0, 0.05) is 0 Å². The van der Waals surface area contributed by atoms with Gasteiger partial charge in [-0.15, -0.1) is 0 Å². The van der Waals surface area contributed by atoms with Crippen LogP contribution in [0.3, 0.4) is 0 Å². The van der Waals surface area contributed by atoms with Crippen LogP contribution in [-0.2, 0) is 0 Å². The predicted octanol–water partition coefficient (Wildman–Crippen LogP) is 2.01. The van der Waals surface area contributed by atoms with E-state index in [0.29, 0.717) is 5.56 Å². The Morgan fingerprint density at radius 1 is 1.50 bits per heavy atom. The van der Waals surface area contributed by atoms with Gasteiger partial charge in [0.25, 0.3) is 5.56 Å². The van der Waals surface area contributed by atoms with Crippen LogP contribution in [0.1, 0.15) is 5.56 Å². The van der Waals surface area contributed by atoms with E-state index < -0.39 is 5.56 Å². The lowest BCUT2D eigenvalue weighted by molar-refractivity contribution is 0.627. The third-order valence-corrected chi connectivity index (χ3v) is 2.42.